The summed E-state index contributed by atoms with van der Waals surface area (Å²) in [5, 5.41) is 2.66. The van der Waals surface area contributed by atoms with Gasteiger partial charge < -0.3 is 9.30 Å². The highest BCUT2D eigenvalue weighted by atomic mass is 16.5. The van der Waals surface area contributed by atoms with Crippen LogP contribution >= 0.6 is 0 Å². The standard InChI is InChI=1S/C30H35NO/c1-29(2,3)22-14-16-27-25(20-22)26-21-23(30(4,5)6)15-17-28(26)31(27)18-19-32-24-12-10-8-7-9-11-13-24/h7-17,20-21H,18-19H2,1-6H3/b8-7-,9-7?,10-8?,11-9-,12-10-,13-11?,24-12?,24-13+. The Bertz CT molecular complexity index is 1180. The molecule has 32 heavy (non-hydrogen) atoms. The Hall–Kier alpha value is -3.00. The van der Waals surface area contributed by atoms with Crippen molar-refractivity contribution in [1.29, 1.82) is 0 Å². The topological polar surface area (TPSA) is 14.2 Å². The maximum atomic E-state index is 6.11. The molecule has 0 radical (unpaired) electrons. The number of hydrogen-bond donors (Lipinski definition) is 0. The lowest BCUT2D eigenvalue weighted by atomic mass is 9.85. The molecule has 0 N–H and O–H groups in total. The normalized spacial score (nSPS) is 19.2. The lowest BCUT2D eigenvalue weighted by Crippen LogP contribution is -2.10. The van der Waals surface area contributed by atoms with Gasteiger partial charge in [-0.3, -0.25) is 0 Å². The van der Waals surface area contributed by atoms with E-state index in [1.54, 1.807) is 0 Å². The van der Waals surface area contributed by atoms with Gasteiger partial charge in [-0.05, 0) is 58.4 Å². The van der Waals surface area contributed by atoms with Gasteiger partial charge >= 0.3 is 0 Å². The molecule has 0 amide bonds. The molecule has 0 aliphatic heterocycles. The highest BCUT2D eigenvalue weighted by molar-refractivity contribution is 6.08. The summed E-state index contributed by atoms with van der Waals surface area (Å²) in [4.78, 5) is 0. The van der Waals surface area contributed by atoms with E-state index < -0.39 is 0 Å². The second kappa shape index (κ2) is 8.50. The van der Waals surface area contributed by atoms with Gasteiger partial charge in [0.25, 0.3) is 0 Å². The van der Waals surface area contributed by atoms with E-state index in [4.69, 9.17) is 4.74 Å². The van der Waals surface area contributed by atoms with Gasteiger partial charge in [-0.2, -0.15) is 0 Å². The monoisotopic (exact) mass is 425 g/mol. The van der Waals surface area contributed by atoms with Crippen molar-refractivity contribution in [2.45, 2.75) is 58.9 Å². The van der Waals surface area contributed by atoms with Gasteiger partial charge in [0.15, 0.2) is 0 Å². The van der Waals surface area contributed by atoms with Crippen LogP contribution < -0.4 is 0 Å². The lowest BCUT2D eigenvalue weighted by Gasteiger charge is -2.19. The summed E-state index contributed by atoms with van der Waals surface area (Å²) in [6.07, 6.45) is 14.1. The molecule has 1 aromatic heterocycles. The molecule has 2 aromatic carbocycles. The zero-order valence-electron chi connectivity index (χ0n) is 20.3. The first-order chi connectivity index (χ1) is 15.1. The quantitative estimate of drug-likeness (QED) is 0.413. The minimum atomic E-state index is 0.117. The summed E-state index contributed by atoms with van der Waals surface area (Å²) < 4.78 is 8.52. The molecular formula is C30H35NO. The van der Waals surface area contributed by atoms with Crippen LogP contribution in [-0.2, 0) is 22.1 Å². The van der Waals surface area contributed by atoms with Gasteiger partial charge in [0.1, 0.15) is 12.4 Å². The number of allylic oxidation sites excluding steroid dienone is 7. The smallest absolute Gasteiger partial charge is 0.119 e. The van der Waals surface area contributed by atoms with E-state index in [0.717, 1.165) is 12.3 Å². The minimum Gasteiger partial charge on any atom is -0.492 e. The molecule has 0 spiro atoms. The summed E-state index contributed by atoms with van der Waals surface area (Å²) in [6, 6.07) is 13.9. The molecule has 1 aliphatic rings. The molecular weight excluding hydrogens is 390 g/mol. The molecule has 4 rings (SSSR count). The van der Waals surface area contributed by atoms with Crippen molar-refractivity contribution in [1.82, 2.24) is 4.57 Å². The molecule has 1 aliphatic carbocycles. The Morgan fingerprint density at radius 2 is 1.22 bits per heavy atom. The number of fused-ring (bicyclic) bond motifs is 3. The maximum absolute atomic E-state index is 6.11. The van der Waals surface area contributed by atoms with Crippen LogP contribution in [-0.4, -0.2) is 11.2 Å². The van der Waals surface area contributed by atoms with Gasteiger partial charge in [-0.15, -0.1) is 0 Å². The summed E-state index contributed by atoms with van der Waals surface area (Å²) in [5.41, 5.74) is 5.51. The fourth-order valence-electron chi connectivity index (χ4n) is 4.18. The molecule has 3 aromatic rings. The molecule has 166 valence electrons. The van der Waals surface area contributed by atoms with E-state index in [1.165, 1.54) is 32.9 Å². The molecule has 0 unspecified atom stereocenters. The first kappa shape index (κ1) is 22.2. The van der Waals surface area contributed by atoms with Crippen LogP contribution in [0.4, 0.5) is 0 Å². The molecule has 0 bridgehead atoms. The van der Waals surface area contributed by atoms with Crippen LogP contribution in [0.15, 0.2) is 84.7 Å². The molecule has 2 nitrogen and oxygen atoms in total. The van der Waals surface area contributed by atoms with Gasteiger partial charge in [-0.1, -0.05) is 84.1 Å². The zero-order chi connectivity index (χ0) is 22.9. The second-order valence-electron chi connectivity index (χ2n) is 10.7. The zero-order valence-corrected chi connectivity index (χ0v) is 20.3. The molecule has 2 heteroatoms. The van der Waals surface area contributed by atoms with Crippen LogP contribution in [0.1, 0.15) is 52.7 Å². The number of hydrogen-bond acceptors (Lipinski definition) is 1. The maximum Gasteiger partial charge on any atom is 0.119 e. The Morgan fingerprint density at radius 3 is 1.78 bits per heavy atom. The van der Waals surface area contributed by atoms with Crippen molar-refractivity contribution >= 4 is 21.8 Å². The minimum absolute atomic E-state index is 0.117. The average molecular weight is 426 g/mol. The van der Waals surface area contributed by atoms with Crippen molar-refractivity contribution in [2.75, 3.05) is 6.61 Å². The van der Waals surface area contributed by atoms with Gasteiger partial charge in [0, 0.05) is 21.8 Å². The van der Waals surface area contributed by atoms with Crippen molar-refractivity contribution in [3.05, 3.63) is 95.8 Å². The Balaban J connectivity index is 1.75. The number of ether oxygens (including phenoxy) is 1. The van der Waals surface area contributed by atoms with E-state index in [1.807, 2.05) is 42.5 Å². The van der Waals surface area contributed by atoms with Crippen molar-refractivity contribution in [3.63, 3.8) is 0 Å². The number of benzene rings is 2. The van der Waals surface area contributed by atoms with Gasteiger partial charge in [0.05, 0.1) is 6.54 Å². The van der Waals surface area contributed by atoms with Crippen LogP contribution in [0.5, 0.6) is 0 Å². The molecule has 0 atom stereocenters. The summed E-state index contributed by atoms with van der Waals surface area (Å²) in [5.74, 6) is 0.886. The number of nitrogens with zero attached hydrogens (tertiary/aromatic N) is 1. The van der Waals surface area contributed by atoms with Crippen molar-refractivity contribution < 1.29 is 4.74 Å². The van der Waals surface area contributed by atoms with E-state index >= 15 is 0 Å². The summed E-state index contributed by atoms with van der Waals surface area (Å²) >= 11 is 0. The SMILES string of the molecule is CC(C)(C)c1ccc2c(c1)c1cc(C(C)(C)C)ccc1n2CCOC1=C/C=C\C=C/C=C\1. The molecule has 0 saturated heterocycles. The van der Waals surface area contributed by atoms with Crippen LogP contribution in [0.2, 0.25) is 0 Å². The molecule has 0 fully saturated rings. The van der Waals surface area contributed by atoms with Gasteiger partial charge in [0.2, 0.25) is 0 Å². The van der Waals surface area contributed by atoms with Crippen LogP contribution in [0.3, 0.4) is 0 Å². The fraction of sp³-hybridized carbons (Fsp3) is 0.333. The largest absolute Gasteiger partial charge is 0.492 e. The van der Waals surface area contributed by atoms with E-state index in [0.29, 0.717) is 6.61 Å². The average Bonchev–Trinajstić information content (AvgIpc) is 3.01. The predicted molar refractivity (Wildman–Crippen MR) is 138 cm³/mol. The Morgan fingerprint density at radius 1 is 0.688 bits per heavy atom. The summed E-state index contributed by atoms with van der Waals surface area (Å²) in [7, 11) is 0. The van der Waals surface area contributed by atoms with E-state index in [-0.39, 0.29) is 10.8 Å². The van der Waals surface area contributed by atoms with Crippen molar-refractivity contribution in [3.8, 4) is 0 Å². The molecule has 1 heterocycles. The van der Waals surface area contributed by atoms with Crippen LogP contribution in [0.25, 0.3) is 21.8 Å². The lowest BCUT2D eigenvalue weighted by molar-refractivity contribution is 0.214. The third-order valence-corrected chi connectivity index (χ3v) is 6.15. The fourth-order valence-corrected chi connectivity index (χ4v) is 4.18. The Kier molecular flexibility index (Phi) is 5.90. The highest BCUT2D eigenvalue weighted by Crippen LogP contribution is 2.35. The number of aromatic nitrogens is 1. The first-order valence-corrected chi connectivity index (χ1v) is 11.6. The Labute approximate surface area is 192 Å². The van der Waals surface area contributed by atoms with E-state index in [2.05, 4.69) is 82.5 Å². The van der Waals surface area contributed by atoms with Crippen LogP contribution in [0, 0.1) is 0 Å². The third kappa shape index (κ3) is 4.60. The highest BCUT2D eigenvalue weighted by Gasteiger charge is 2.20. The van der Waals surface area contributed by atoms with Gasteiger partial charge in [-0.25, -0.2) is 0 Å². The van der Waals surface area contributed by atoms with Crippen molar-refractivity contribution in [2.24, 2.45) is 0 Å². The second-order valence-corrected chi connectivity index (χ2v) is 10.7. The summed E-state index contributed by atoms with van der Waals surface area (Å²) in [6.45, 7) is 15.1. The first-order valence-electron chi connectivity index (χ1n) is 11.6. The van der Waals surface area contributed by atoms with E-state index in [9.17, 15) is 0 Å². The predicted octanol–water partition coefficient (Wildman–Crippen LogP) is 7.97. The third-order valence-electron chi connectivity index (χ3n) is 6.15. The molecule has 0 saturated carbocycles. The number of rotatable bonds is 4.